The van der Waals surface area contributed by atoms with Gasteiger partial charge in [-0.2, -0.15) is 0 Å². The molecule has 192 valence electrons. The van der Waals surface area contributed by atoms with Crippen LogP contribution in [0.3, 0.4) is 0 Å². The lowest BCUT2D eigenvalue weighted by molar-refractivity contribution is -0.141. The van der Waals surface area contributed by atoms with Gasteiger partial charge in [0.1, 0.15) is 6.04 Å². The van der Waals surface area contributed by atoms with Gasteiger partial charge in [0.25, 0.3) is 0 Å². The molecule has 35 heavy (non-hydrogen) atoms. The summed E-state index contributed by atoms with van der Waals surface area (Å²) in [6.45, 7) is 11.5. The second-order valence-corrected chi connectivity index (χ2v) is 8.71. The van der Waals surface area contributed by atoms with Gasteiger partial charge in [0.15, 0.2) is 11.5 Å². The molecule has 2 aromatic carbocycles. The number of carbonyl (C=O) groups excluding carboxylic acids is 2. The number of hydrogen-bond donors (Lipinski definition) is 1. The summed E-state index contributed by atoms with van der Waals surface area (Å²) < 4.78 is 11.4. The molecule has 0 aliphatic rings. The summed E-state index contributed by atoms with van der Waals surface area (Å²) in [7, 11) is 0. The Kier molecular flexibility index (Phi) is 12.2. The average Bonchev–Trinajstić information content (AvgIpc) is 2.87. The van der Waals surface area contributed by atoms with E-state index >= 15 is 0 Å². The lowest BCUT2D eigenvalue weighted by Gasteiger charge is -2.31. The Labute approximate surface area is 211 Å². The topological polar surface area (TPSA) is 67.9 Å². The van der Waals surface area contributed by atoms with E-state index in [4.69, 9.17) is 9.47 Å². The van der Waals surface area contributed by atoms with E-state index in [0.717, 1.165) is 17.5 Å². The van der Waals surface area contributed by atoms with Gasteiger partial charge in [0.05, 0.1) is 13.2 Å². The fraction of sp³-hybridized carbons (Fsp3) is 0.517. The minimum absolute atomic E-state index is 0.0149. The van der Waals surface area contributed by atoms with E-state index < -0.39 is 6.04 Å². The van der Waals surface area contributed by atoms with Crippen LogP contribution in [0, 0.1) is 0 Å². The monoisotopic (exact) mass is 482 g/mol. The van der Waals surface area contributed by atoms with Gasteiger partial charge in [-0.25, -0.2) is 0 Å². The molecule has 0 saturated carbocycles. The molecule has 0 spiro atoms. The molecule has 0 unspecified atom stereocenters. The molecule has 6 heteroatoms. The molecule has 0 saturated heterocycles. The van der Waals surface area contributed by atoms with Crippen LogP contribution in [0.25, 0.3) is 0 Å². The highest BCUT2D eigenvalue weighted by molar-refractivity contribution is 5.88. The van der Waals surface area contributed by atoms with E-state index in [1.807, 2.05) is 71.0 Å². The molecule has 2 amide bonds. The fourth-order valence-corrected chi connectivity index (χ4v) is 3.98. The Morgan fingerprint density at radius 3 is 2.17 bits per heavy atom. The Morgan fingerprint density at radius 2 is 1.54 bits per heavy atom. The van der Waals surface area contributed by atoms with Crippen LogP contribution >= 0.6 is 0 Å². The number of benzene rings is 2. The predicted molar refractivity (Wildman–Crippen MR) is 141 cm³/mol. The third-order valence-corrected chi connectivity index (χ3v) is 6.11. The van der Waals surface area contributed by atoms with Crippen LogP contribution in [0.2, 0.25) is 0 Å². The summed E-state index contributed by atoms with van der Waals surface area (Å²) in [6.07, 6.45) is 3.01. The number of nitrogens with zero attached hydrogens (tertiary/aromatic N) is 1. The van der Waals surface area contributed by atoms with Gasteiger partial charge in [-0.3, -0.25) is 9.59 Å². The smallest absolute Gasteiger partial charge is 0.243 e. The van der Waals surface area contributed by atoms with Gasteiger partial charge < -0.3 is 19.7 Å². The van der Waals surface area contributed by atoms with E-state index in [1.165, 1.54) is 0 Å². The van der Waals surface area contributed by atoms with Crippen molar-refractivity contribution in [2.24, 2.45) is 0 Å². The SMILES string of the molecule is CCOc1ccc(CCC(=O)N(CCc2ccccc2)[C@H](CC)C(=O)N[C@H](C)CC)cc1OCC. The number of carbonyl (C=O) groups is 2. The van der Waals surface area contributed by atoms with Crippen LogP contribution in [0.5, 0.6) is 11.5 Å². The molecule has 6 nitrogen and oxygen atoms in total. The quantitative estimate of drug-likeness (QED) is 0.380. The number of ether oxygens (including phenoxy) is 2. The van der Waals surface area contributed by atoms with Gasteiger partial charge in [-0.15, -0.1) is 0 Å². The van der Waals surface area contributed by atoms with Crippen LogP contribution in [0.15, 0.2) is 48.5 Å². The molecule has 2 rings (SSSR count). The Morgan fingerprint density at radius 1 is 0.857 bits per heavy atom. The van der Waals surface area contributed by atoms with Gasteiger partial charge in [-0.1, -0.05) is 50.2 Å². The number of nitrogens with one attached hydrogen (secondary N) is 1. The highest BCUT2D eigenvalue weighted by Gasteiger charge is 2.28. The Balaban J connectivity index is 2.17. The highest BCUT2D eigenvalue weighted by atomic mass is 16.5. The standard InChI is InChI=1S/C29H42N2O4/c1-6-22(5)30-29(33)25(7-2)31(20-19-23-13-11-10-12-14-23)28(32)18-16-24-15-17-26(34-8-3)27(21-24)35-9-4/h10-15,17,21-22,25H,6-9,16,18-20H2,1-5H3,(H,30,33)/t22-,25-/m1/s1. The number of amides is 2. The van der Waals surface area contributed by atoms with Crippen LogP contribution in [-0.4, -0.2) is 48.6 Å². The maximum atomic E-state index is 13.5. The van der Waals surface area contributed by atoms with Crippen molar-refractivity contribution in [1.82, 2.24) is 10.2 Å². The van der Waals surface area contributed by atoms with Gasteiger partial charge in [0, 0.05) is 19.0 Å². The van der Waals surface area contributed by atoms with E-state index in [-0.39, 0.29) is 17.9 Å². The average molecular weight is 483 g/mol. The zero-order chi connectivity index (χ0) is 25.6. The van der Waals surface area contributed by atoms with Crippen molar-refractivity contribution in [3.05, 3.63) is 59.7 Å². The lowest BCUT2D eigenvalue weighted by atomic mass is 10.0. The van der Waals surface area contributed by atoms with Gasteiger partial charge in [-0.05, 0) is 69.7 Å². The van der Waals surface area contributed by atoms with Crippen molar-refractivity contribution < 1.29 is 19.1 Å². The fourth-order valence-electron chi connectivity index (χ4n) is 3.98. The third-order valence-electron chi connectivity index (χ3n) is 6.11. The third kappa shape index (κ3) is 8.93. The lowest BCUT2D eigenvalue weighted by Crippen LogP contribution is -2.51. The second kappa shape index (κ2) is 15.1. The van der Waals surface area contributed by atoms with Crippen molar-refractivity contribution in [3.8, 4) is 11.5 Å². The first kappa shape index (κ1) is 28.2. The first-order valence-electron chi connectivity index (χ1n) is 13.0. The highest BCUT2D eigenvalue weighted by Crippen LogP contribution is 2.29. The molecular formula is C29H42N2O4. The molecule has 0 heterocycles. The van der Waals surface area contributed by atoms with Crippen LogP contribution in [0.4, 0.5) is 0 Å². The number of aryl methyl sites for hydroxylation is 1. The summed E-state index contributed by atoms with van der Waals surface area (Å²) in [5.74, 6) is 1.31. The normalized spacial score (nSPS) is 12.5. The summed E-state index contributed by atoms with van der Waals surface area (Å²) in [5.41, 5.74) is 2.15. The molecule has 0 radical (unpaired) electrons. The minimum atomic E-state index is -0.487. The summed E-state index contributed by atoms with van der Waals surface area (Å²) in [4.78, 5) is 28.3. The maximum absolute atomic E-state index is 13.5. The predicted octanol–water partition coefficient (Wildman–Crippen LogP) is 5.18. The van der Waals surface area contributed by atoms with Crippen molar-refractivity contribution >= 4 is 11.8 Å². The second-order valence-electron chi connectivity index (χ2n) is 8.71. The molecule has 0 aliphatic heterocycles. The van der Waals surface area contributed by atoms with E-state index in [1.54, 1.807) is 4.90 Å². The summed E-state index contributed by atoms with van der Waals surface area (Å²) in [6, 6.07) is 15.5. The molecule has 0 aliphatic carbocycles. The molecule has 2 atom stereocenters. The molecular weight excluding hydrogens is 440 g/mol. The first-order valence-corrected chi connectivity index (χ1v) is 13.0. The summed E-state index contributed by atoms with van der Waals surface area (Å²) >= 11 is 0. The van der Waals surface area contributed by atoms with Crippen molar-refractivity contribution in [3.63, 3.8) is 0 Å². The van der Waals surface area contributed by atoms with E-state index in [0.29, 0.717) is 56.9 Å². The minimum Gasteiger partial charge on any atom is -0.490 e. The number of rotatable bonds is 15. The molecule has 1 N–H and O–H groups in total. The summed E-state index contributed by atoms with van der Waals surface area (Å²) in [5, 5.41) is 3.06. The van der Waals surface area contributed by atoms with Crippen LogP contribution in [-0.2, 0) is 22.4 Å². The maximum Gasteiger partial charge on any atom is 0.243 e. The van der Waals surface area contributed by atoms with Crippen molar-refractivity contribution in [2.45, 2.75) is 78.8 Å². The Hall–Kier alpha value is -3.02. The first-order chi connectivity index (χ1) is 16.9. The van der Waals surface area contributed by atoms with E-state index in [2.05, 4.69) is 17.4 Å². The van der Waals surface area contributed by atoms with Gasteiger partial charge in [0.2, 0.25) is 11.8 Å². The largest absolute Gasteiger partial charge is 0.490 e. The van der Waals surface area contributed by atoms with Crippen molar-refractivity contribution in [2.75, 3.05) is 19.8 Å². The van der Waals surface area contributed by atoms with Crippen LogP contribution < -0.4 is 14.8 Å². The molecule has 0 aromatic heterocycles. The van der Waals surface area contributed by atoms with Crippen LogP contribution in [0.1, 0.15) is 65.0 Å². The van der Waals surface area contributed by atoms with E-state index in [9.17, 15) is 9.59 Å². The zero-order valence-electron chi connectivity index (χ0n) is 22.0. The number of hydrogen-bond acceptors (Lipinski definition) is 4. The zero-order valence-corrected chi connectivity index (χ0v) is 22.0. The Bertz CT molecular complexity index is 916. The van der Waals surface area contributed by atoms with Gasteiger partial charge >= 0.3 is 0 Å². The molecule has 0 fully saturated rings. The molecule has 2 aromatic rings. The van der Waals surface area contributed by atoms with Crippen molar-refractivity contribution in [1.29, 1.82) is 0 Å². The molecule has 0 bridgehead atoms.